The Morgan fingerprint density at radius 1 is 0.914 bits per heavy atom. The maximum atomic E-state index is 13.3. The van der Waals surface area contributed by atoms with Crippen LogP contribution in [-0.4, -0.2) is 30.5 Å². The molecular formula is C27H23N3O4S. The molecule has 0 aliphatic heterocycles. The zero-order valence-corrected chi connectivity index (χ0v) is 20.2. The van der Waals surface area contributed by atoms with E-state index < -0.39 is 10.1 Å². The number of rotatable bonds is 5. The molecule has 1 amide bonds. The van der Waals surface area contributed by atoms with E-state index in [0.717, 1.165) is 44.9 Å². The van der Waals surface area contributed by atoms with Crippen molar-refractivity contribution >= 4 is 43.5 Å². The number of pyridine rings is 1. The molecule has 2 heterocycles. The van der Waals surface area contributed by atoms with Gasteiger partial charge in [-0.3, -0.25) is 4.79 Å². The topological polar surface area (TPSA) is 101 Å². The molecule has 0 bridgehead atoms. The Morgan fingerprint density at radius 2 is 1.60 bits per heavy atom. The van der Waals surface area contributed by atoms with Gasteiger partial charge in [-0.05, 0) is 61.4 Å². The molecule has 0 atom stereocenters. The average Bonchev–Trinajstić information content (AvgIpc) is 3.19. The molecule has 35 heavy (non-hydrogen) atoms. The molecule has 2 N–H and O–H groups in total. The van der Waals surface area contributed by atoms with Crippen LogP contribution in [-0.2, 0) is 10.1 Å². The first kappa shape index (κ1) is 22.6. The molecule has 8 heteroatoms. The van der Waals surface area contributed by atoms with Gasteiger partial charge in [-0.25, -0.2) is 4.98 Å². The van der Waals surface area contributed by atoms with Gasteiger partial charge in [-0.1, -0.05) is 36.4 Å². The van der Waals surface area contributed by atoms with Crippen molar-refractivity contribution in [3.8, 4) is 17.0 Å². The van der Waals surface area contributed by atoms with E-state index >= 15 is 0 Å². The smallest absolute Gasteiger partial charge is 0.306 e. The highest BCUT2D eigenvalue weighted by molar-refractivity contribution is 7.86. The number of carbonyl (C=O) groups is 1. The van der Waals surface area contributed by atoms with Gasteiger partial charge in [-0.15, -0.1) is 0 Å². The lowest BCUT2D eigenvalue weighted by atomic mass is 10.1. The Hall–Kier alpha value is -4.17. The van der Waals surface area contributed by atoms with E-state index in [1.807, 2.05) is 56.3 Å². The second kappa shape index (κ2) is 8.56. The molecule has 0 saturated carbocycles. The fourth-order valence-corrected chi connectivity index (χ4v) is 4.66. The van der Waals surface area contributed by atoms with E-state index in [2.05, 4.69) is 10.3 Å². The Bertz CT molecular complexity index is 1680. The quantitative estimate of drug-likeness (QED) is 0.316. The zero-order valence-electron chi connectivity index (χ0n) is 19.4. The number of aromatic amines is 1. The summed E-state index contributed by atoms with van der Waals surface area (Å²) in [6, 6.07) is 22.1. The van der Waals surface area contributed by atoms with Gasteiger partial charge in [-0.2, -0.15) is 8.42 Å². The monoisotopic (exact) mass is 485 g/mol. The van der Waals surface area contributed by atoms with Gasteiger partial charge in [0.15, 0.2) is 0 Å². The minimum absolute atomic E-state index is 0.202. The van der Waals surface area contributed by atoms with Crippen LogP contribution >= 0.6 is 0 Å². The number of para-hydroxylation sites is 2. The third-order valence-electron chi connectivity index (χ3n) is 5.82. The number of H-pyrrole nitrogens is 1. The lowest BCUT2D eigenvalue weighted by molar-refractivity contribution is 0.102. The van der Waals surface area contributed by atoms with Gasteiger partial charge >= 0.3 is 10.1 Å². The van der Waals surface area contributed by atoms with Crippen LogP contribution in [0.1, 0.15) is 21.6 Å². The number of anilines is 1. The summed E-state index contributed by atoms with van der Waals surface area (Å²) < 4.78 is 27.9. The predicted molar refractivity (Wildman–Crippen MR) is 138 cm³/mol. The first-order chi connectivity index (χ1) is 16.7. The van der Waals surface area contributed by atoms with Gasteiger partial charge in [0.2, 0.25) is 0 Å². The van der Waals surface area contributed by atoms with Crippen LogP contribution in [0.5, 0.6) is 5.75 Å². The number of nitrogens with zero attached hydrogens (tertiary/aromatic N) is 1. The molecule has 0 unspecified atom stereocenters. The maximum Gasteiger partial charge on any atom is 0.306 e. The number of benzene rings is 3. The van der Waals surface area contributed by atoms with E-state index in [4.69, 9.17) is 9.17 Å². The molecule has 0 aliphatic carbocycles. The first-order valence-corrected chi connectivity index (χ1v) is 12.8. The van der Waals surface area contributed by atoms with Crippen molar-refractivity contribution in [2.24, 2.45) is 0 Å². The van der Waals surface area contributed by atoms with Crippen LogP contribution < -0.4 is 9.50 Å². The number of fused-ring (bicyclic) bond motifs is 3. The molecule has 2 aromatic heterocycles. The van der Waals surface area contributed by atoms with E-state index in [1.54, 1.807) is 30.3 Å². The number of hydrogen-bond donors (Lipinski definition) is 2. The van der Waals surface area contributed by atoms with Gasteiger partial charge < -0.3 is 14.5 Å². The van der Waals surface area contributed by atoms with E-state index in [0.29, 0.717) is 11.3 Å². The second-order valence-electron chi connectivity index (χ2n) is 8.48. The van der Waals surface area contributed by atoms with Gasteiger partial charge in [0.05, 0.1) is 17.5 Å². The van der Waals surface area contributed by atoms with Crippen molar-refractivity contribution in [1.82, 2.24) is 9.97 Å². The Morgan fingerprint density at radius 3 is 2.29 bits per heavy atom. The Balaban J connectivity index is 1.65. The normalized spacial score (nSPS) is 11.6. The number of carbonyl (C=O) groups excluding carboxylic acids is 1. The van der Waals surface area contributed by atoms with Crippen molar-refractivity contribution in [3.63, 3.8) is 0 Å². The number of aromatic nitrogens is 2. The summed E-state index contributed by atoms with van der Waals surface area (Å²) in [5.41, 5.74) is 5.97. The summed E-state index contributed by atoms with van der Waals surface area (Å²) in [6.07, 6.45) is 0.995. The van der Waals surface area contributed by atoms with Crippen molar-refractivity contribution in [3.05, 3.63) is 89.6 Å². The van der Waals surface area contributed by atoms with E-state index in [-0.39, 0.29) is 17.4 Å². The average molecular weight is 486 g/mol. The van der Waals surface area contributed by atoms with Crippen LogP contribution in [0.4, 0.5) is 5.69 Å². The van der Waals surface area contributed by atoms with Gasteiger partial charge in [0.1, 0.15) is 11.4 Å². The molecule has 5 aromatic rings. The summed E-state index contributed by atoms with van der Waals surface area (Å²) in [5.74, 6) is -0.110. The van der Waals surface area contributed by atoms with Crippen molar-refractivity contribution < 1.29 is 17.4 Å². The van der Waals surface area contributed by atoms with Crippen molar-refractivity contribution in [1.29, 1.82) is 0 Å². The maximum absolute atomic E-state index is 13.3. The molecule has 0 aliphatic rings. The largest absolute Gasteiger partial charge is 0.383 e. The fraction of sp³-hybridized carbons (Fsp3) is 0.111. The number of aryl methyl sites for hydroxylation is 2. The Labute approximate surface area is 202 Å². The molecule has 0 saturated heterocycles. The molecule has 0 spiro atoms. The van der Waals surface area contributed by atoms with Crippen LogP contribution in [0.15, 0.2) is 72.8 Å². The third-order valence-corrected chi connectivity index (χ3v) is 6.32. The number of amides is 1. The highest BCUT2D eigenvalue weighted by atomic mass is 32.2. The van der Waals surface area contributed by atoms with Crippen LogP contribution in [0.3, 0.4) is 0 Å². The molecule has 5 rings (SSSR count). The molecule has 0 radical (unpaired) electrons. The number of nitrogens with one attached hydrogen (secondary N) is 2. The number of hydrogen-bond acceptors (Lipinski definition) is 5. The third kappa shape index (κ3) is 4.48. The standard InChI is InChI=1S/C27H23N3O4S/c1-16-7-6-8-17(2)24(16)30-27(31)23-15-21-20-9-4-5-10-22(20)28-26(21)25(29-23)18-11-13-19(14-12-18)34-35(3,32)33/h4-15,28H,1-3H3,(H,30,31). The van der Waals surface area contributed by atoms with Gasteiger partial charge in [0.25, 0.3) is 5.91 Å². The SMILES string of the molecule is Cc1cccc(C)c1NC(=O)c1cc2c([nH]c3ccccc32)c(-c2ccc(OS(C)(=O)=O)cc2)n1. The lowest BCUT2D eigenvalue weighted by Crippen LogP contribution is -2.15. The van der Waals surface area contributed by atoms with Crippen molar-refractivity contribution in [2.45, 2.75) is 13.8 Å². The van der Waals surface area contributed by atoms with Crippen LogP contribution in [0.25, 0.3) is 33.1 Å². The minimum Gasteiger partial charge on any atom is -0.383 e. The van der Waals surface area contributed by atoms with Crippen LogP contribution in [0, 0.1) is 13.8 Å². The predicted octanol–water partition coefficient (Wildman–Crippen LogP) is 5.59. The summed E-state index contributed by atoms with van der Waals surface area (Å²) >= 11 is 0. The Kier molecular flexibility index (Phi) is 5.53. The molecule has 0 fully saturated rings. The van der Waals surface area contributed by atoms with Crippen LogP contribution in [0.2, 0.25) is 0 Å². The molecule has 176 valence electrons. The summed E-state index contributed by atoms with van der Waals surface area (Å²) in [4.78, 5) is 21.5. The van der Waals surface area contributed by atoms with Gasteiger partial charge in [0, 0.05) is 27.5 Å². The molecular weight excluding hydrogens is 462 g/mol. The first-order valence-electron chi connectivity index (χ1n) is 11.0. The fourth-order valence-electron chi connectivity index (χ4n) is 4.20. The van der Waals surface area contributed by atoms with Crippen molar-refractivity contribution in [2.75, 3.05) is 11.6 Å². The lowest BCUT2D eigenvalue weighted by Gasteiger charge is -2.12. The van der Waals surface area contributed by atoms with E-state index in [9.17, 15) is 13.2 Å². The summed E-state index contributed by atoms with van der Waals surface area (Å²) in [7, 11) is -3.64. The molecule has 3 aromatic carbocycles. The van der Waals surface area contributed by atoms with E-state index in [1.165, 1.54) is 0 Å². The highest BCUT2D eigenvalue weighted by Crippen LogP contribution is 2.34. The second-order valence-corrected chi connectivity index (χ2v) is 10.1. The highest BCUT2D eigenvalue weighted by Gasteiger charge is 2.18. The minimum atomic E-state index is -3.64. The summed E-state index contributed by atoms with van der Waals surface area (Å²) in [6.45, 7) is 3.90. The zero-order chi connectivity index (χ0) is 24.7. The summed E-state index contributed by atoms with van der Waals surface area (Å²) in [5, 5.41) is 4.86. The molecule has 7 nitrogen and oxygen atoms in total.